The Kier molecular flexibility index (Phi) is 2.71. The van der Waals surface area contributed by atoms with Crippen molar-refractivity contribution in [3.05, 3.63) is 28.8 Å². The summed E-state index contributed by atoms with van der Waals surface area (Å²) in [7, 11) is 3.81. The van der Waals surface area contributed by atoms with Crippen molar-refractivity contribution in [2.45, 2.75) is 0 Å². The maximum Gasteiger partial charge on any atom is 0.150 e. The predicted molar refractivity (Wildman–Crippen MR) is 51.2 cm³/mol. The first-order valence-corrected chi connectivity index (χ1v) is 3.94. The van der Waals surface area contributed by atoms with Crippen LogP contribution in [0.3, 0.4) is 0 Å². The monoisotopic (exact) mass is 183 g/mol. The van der Waals surface area contributed by atoms with Crippen LogP contribution < -0.4 is 4.90 Å². The fourth-order valence-corrected chi connectivity index (χ4v) is 1.16. The Hall–Kier alpha value is -1.02. The van der Waals surface area contributed by atoms with Gasteiger partial charge in [-0.25, -0.2) is 0 Å². The maximum absolute atomic E-state index is 10.5. The summed E-state index contributed by atoms with van der Waals surface area (Å²) in [5.74, 6) is 0. The van der Waals surface area contributed by atoms with E-state index in [9.17, 15) is 4.79 Å². The van der Waals surface area contributed by atoms with Gasteiger partial charge in [0.2, 0.25) is 0 Å². The van der Waals surface area contributed by atoms with Gasteiger partial charge in [-0.05, 0) is 18.2 Å². The topological polar surface area (TPSA) is 20.3 Å². The first kappa shape index (κ1) is 9.07. The van der Waals surface area contributed by atoms with E-state index in [2.05, 4.69) is 0 Å². The summed E-state index contributed by atoms with van der Waals surface area (Å²) in [4.78, 5) is 12.4. The van der Waals surface area contributed by atoms with Crippen LogP contribution in [0.5, 0.6) is 0 Å². The van der Waals surface area contributed by atoms with E-state index in [4.69, 9.17) is 11.6 Å². The molecule has 0 atom stereocenters. The second kappa shape index (κ2) is 3.59. The SMILES string of the molecule is CN(C)c1cc(Cl)cc(C=O)c1. The fourth-order valence-electron chi connectivity index (χ4n) is 0.922. The van der Waals surface area contributed by atoms with Gasteiger partial charge in [0.25, 0.3) is 0 Å². The highest BCUT2D eigenvalue weighted by Gasteiger charge is 1.99. The molecular formula is C9H10ClNO. The molecule has 0 saturated heterocycles. The van der Waals surface area contributed by atoms with Crippen molar-refractivity contribution >= 4 is 23.6 Å². The Morgan fingerprint density at radius 1 is 1.33 bits per heavy atom. The fraction of sp³-hybridized carbons (Fsp3) is 0.222. The molecule has 1 rings (SSSR count). The number of benzene rings is 1. The van der Waals surface area contributed by atoms with E-state index in [-0.39, 0.29) is 0 Å². The van der Waals surface area contributed by atoms with E-state index in [0.717, 1.165) is 12.0 Å². The highest BCUT2D eigenvalue weighted by atomic mass is 35.5. The summed E-state index contributed by atoms with van der Waals surface area (Å²) in [6.45, 7) is 0. The second-order valence-electron chi connectivity index (χ2n) is 2.76. The minimum Gasteiger partial charge on any atom is -0.378 e. The van der Waals surface area contributed by atoms with Crippen LogP contribution in [0.25, 0.3) is 0 Å². The zero-order valence-corrected chi connectivity index (χ0v) is 7.80. The van der Waals surface area contributed by atoms with Crippen LogP contribution in [0.1, 0.15) is 10.4 Å². The lowest BCUT2D eigenvalue weighted by molar-refractivity contribution is 0.112. The van der Waals surface area contributed by atoms with Gasteiger partial charge in [-0.2, -0.15) is 0 Å². The van der Waals surface area contributed by atoms with Crippen molar-refractivity contribution in [1.82, 2.24) is 0 Å². The standard InChI is InChI=1S/C9H10ClNO/c1-11(2)9-4-7(6-12)3-8(10)5-9/h3-6H,1-2H3. The highest BCUT2D eigenvalue weighted by Crippen LogP contribution is 2.19. The average Bonchev–Trinajstić information content (AvgIpc) is 2.03. The lowest BCUT2D eigenvalue weighted by Gasteiger charge is -2.12. The van der Waals surface area contributed by atoms with Crippen molar-refractivity contribution in [2.75, 3.05) is 19.0 Å². The molecule has 12 heavy (non-hydrogen) atoms. The molecule has 2 nitrogen and oxygen atoms in total. The van der Waals surface area contributed by atoms with E-state index in [1.54, 1.807) is 12.1 Å². The second-order valence-corrected chi connectivity index (χ2v) is 3.19. The van der Waals surface area contributed by atoms with Crippen molar-refractivity contribution in [2.24, 2.45) is 0 Å². The zero-order chi connectivity index (χ0) is 9.14. The van der Waals surface area contributed by atoms with Crippen molar-refractivity contribution in [3.63, 3.8) is 0 Å². The molecule has 3 heteroatoms. The number of carbonyl (C=O) groups is 1. The molecule has 0 unspecified atom stereocenters. The highest BCUT2D eigenvalue weighted by molar-refractivity contribution is 6.31. The molecule has 1 aromatic carbocycles. The maximum atomic E-state index is 10.5. The van der Waals surface area contributed by atoms with Crippen LogP contribution in [0.4, 0.5) is 5.69 Å². The van der Waals surface area contributed by atoms with Crippen molar-refractivity contribution in [3.8, 4) is 0 Å². The van der Waals surface area contributed by atoms with Crippen LogP contribution in [0.15, 0.2) is 18.2 Å². The van der Waals surface area contributed by atoms with Crippen LogP contribution in [0, 0.1) is 0 Å². The van der Waals surface area contributed by atoms with Crippen molar-refractivity contribution in [1.29, 1.82) is 0 Å². The molecule has 1 aromatic rings. The van der Waals surface area contributed by atoms with E-state index < -0.39 is 0 Å². The molecule has 0 aliphatic heterocycles. The molecule has 0 saturated carbocycles. The summed E-state index contributed by atoms with van der Waals surface area (Å²) >= 11 is 5.79. The minimum atomic E-state index is 0.586. The molecule has 0 aliphatic rings. The molecule has 0 fully saturated rings. The van der Waals surface area contributed by atoms with Crippen LogP contribution >= 0.6 is 11.6 Å². The van der Waals surface area contributed by atoms with Gasteiger partial charge in [0.05, 0.1) is 0 Å². The Labute approximate surface area is 76.8 Å². The van der Waals surface area contributed by atoms with Gasteiger partial charge in [0.15, 0.2) is 0 Å². The molecule has 0 N–H and O–H groups in total. The zero-order valence-electron chi connectivity index (χ0n) is 7.04. The third-order valence-corrected chi connectivity index (χ3v) is 1.78. The van der Waals surface area contributed by atoms with E-state index in [1.165, 1.54) is 0 Å². The summed E-state index contributed by atoms with van der Waals surface area (Å²) in [6, 6.07) is 5.25. The minimum absolute atomic E-state index is 0.586. The molecule has 0 heterocycles. The van der Waals surface area contributed by atoms with E-state index >= 15 is 0 Å². The number of carbonyl (C=O) groups excluding carboxylic acids is 1. The van der Waals surface area contributed by atoms with Crippen molar-refractivity contribution < 1.29 is 4.79 Å². The van der Waals surface area contributed by atoms with Gasteiger partial charge in [-0.15, -0.1) is 0 Å². The number of halogens is 1. The number of nitrogens with zero attached hydrogens (tertiary/aromatic N) is 1. The van der Waals surface area contributed by atoms with Gasteiger partial charge in [-0.1, -0.05) is 11.6 Å². The predicted octanol–water partition coefficient (Wildman–Crippen LogP) is 2.22. The number of anilines is 1. The summed E-state index contributed by atoms with van der Waals surface area (Å²) in [6.07, 6.45) is 0.791. The molecule has 64 valence electrons. The largest absolute Gasteiger partial charge is 0.378 e. The number of hydrogen-bond donors (Lipinski definition) is 0. The van der Waals surface area contributed by atoms with Gasteiger partial charge < -0.3 is 4.90 Å². The molecular weight excluding hydrogens is 174 g/mol. The first-order valence-electron chi connectivity index (χ1n) is 3.56. The number of aldehydes is 1. The smallest absolute Gasteiger partial charge is 0.150 e. The van der Waals surface area contributed by atoms with Gasteiger partial charge in [0.1, 0.15) is 6.29 Å². The molecule has 0 radical (unpaired) electrons. The average molecular weight is 184 g/mol. The van der Waals surface area contributed by atoms with E-state index in [1.807, 2.05) is 25.1 Å². The molecule has 0 amide bonds. The normalized spacial score (nSPS) is 9.58. The van der Waals surface area contributed by atoms with Crippen LogP contribution in [0.2, 0.25) is 5.02 Å². The van der Waals surface area contributed by atoms with Crippen LogP contribution in [-0.2, 0) is 0 Å². The molecule has 0 aromatic heterocycles. The van der Waals surface area contributed by atoms with Gasteiger partial charge in [-0.3, -0.25) is 4.79 Å². The Balaban J connectivity index is 3.14. The summed E-state index contributed by atoms with van der Waals surface area (Å²) in [5.41, 5.74) is 1.54. The molecule has 0 bridgehead atoms. The van der Waals surface area contributed by atoms with Crippen LogP contribution in [-0.4, -0.2) is 20.4 Å². The quantitative estimate of drug-likeness (QED) is 0.656. The van der Waals surface area contributed by atoms with E-state index in [0.29, 0.717) is 10.6 Å². The lowest BCUT2D eigenvalue weighted by Crippen LogP contribution is -2.08. The molecule has 0 aliphatic carbocycles. The van der Waals surface area contributed by atoms with Gasteiger partial charge >= 0.3 is 0 Å². The summed E-state index contributed by atoms with van der Waals surface area (Å²) in [5, 5.41) is 0.586. The Morgan fingerprint density at radius 2 is 2.00 bits per heavy atom. The third-order valence-electron chi connectivity index (χ3n) is 1.56. The Bertz CT molecular complexity index is 297. The number of rotatable bonds is 2. The lowest BCUT2D eigenvalue weighted by atomic mass is 10.2. The number of hydrogen-bond acceptors (Lipinski definition) is 2. The summed E-state index contributed by atoms with van der Waals surface area (Å²) < 4.78 is 0. The molecule has 0 spiro atoms. The third kappa shape index (κ3) is 1.98. The first-order chi connectivity index (χ1) is 5.63. The van der Waals surface area contributed by atoms with Gasteiger partial charge in [0, 0.05) is 30.4 Å². The Morgan fingerprint density at radius 3 is 2.50 bits per heavy atom.